The van der Waals surface area contributed by atoms with Gasteiger partial charge in [-0.3, -0.25) is 4.98 Å². The third-order valence-electron chi connectivity index (χ3n) is 6.06. The number of hydrogen-bond donors (Lipinski definition) is 0. The molecule has 0 bridgehead atoms. The zero-order chi connectivity index (χ0) is 21.5. The predicted molar refractivity (Wildman–Crippen MR) is 131 cm³/mol. The van der Waals surface area contributed by atoms with Crippen LogP contribution >= 0.6 is 0 Å². The molecule has 0 aliphatic heterocycles. The van der Waals surface area contributed by atoms with Gasteiger partial charge in [-0.05, 0) is 55.5 Å². The zero-order valence-electron chi connectivity index (χ0n) is 17.8. The minimum absolute atomic E-state index is 0.829. The molecule has 3 aromatic heterocycles. The normalized spacial score (nSPS) is 11.4. The average molecular weight is 415 g/mol. The van der Waals surface area contributed by atoms with Gasteiger partial charge in [0.05, 0.1) is 28.6 Å². The monoisotopic (exact) mass is 414 g/mol. The first-order valence-electron chi connectivity index (χ1n) is 10.9. The summed E-state index contributed by atoms with van der Waals surface area (Å²) in [5.74, 6) is 0.960. The van der Waals surface area contributed by atoms with Crippen molar-refractivity contribution in [3.8, 4) is 28.5 Å². The van der Waals surface area contributed by atoms with Crippen LogP contribution in [0, 0.1) is 0 Å². The molecular weight excluding hydrogens is 392 g/mol. The maximum absolute atomic E-state index is 4.74. The van der Waals surface area contributed by atoms with Crippen LogP contribution in [0.25, 0.3) is 50.3 Å². The smallest absolute Gasteiger partial charge is 0.140 e. The summed E-state index contributed by atoms with van der Waals surface area (Å²) in [5, 5.41) is 2.54. The highest BCUT2D eigenvalue weighted by atomic mass is 15.1. The lowest BCUT2D eigenvalue weighted by molar-refractivity contribution is 0.775. The second-order valence-electron chi connectivity index (χ2n) is 7.84. The highest BCUT2D eigenvalue weighted by Gasteiger charge is 2.15. The molecule has 0 spiro atoms. The molecular formula is C28H22N4. The Labute approximate surface area is 186 Å². The molecule has 6 rings (SSSR count). The number of benzene rings is 3. The van der Waals surface area contributed by atoms with E-state index >= 15 is 0 Å². The van der Waals surface area contributed by atoms with E-state index in [2.05, 4.69) is 93.8 Å². The molecule has 0 amide bonds. The number of rotatable bonds is 4. The topological polar surface area (TPSA) is 35.6 Å². The maximum Gasteiger partial charge on any atom is 0.140 e. The van der Waals surface area contributed by atoms with Crippen LogP contribution in [0.4, 0.5) is 0 Å². The Kier molecular flexibility index (Phi) is 4.36. The standard InChI is InChI=1S/C28H22N4/c1-2-31-27(24-11-7-8-18-29-24)19-30-28(31)20-14-16-21(17-15-20)32-25-12-5-3-9-22(25)23-10-4-6-13-26(23)32/h3-19H,2H2,1H3. The van der Waals surface area contributed by atoms with Gasteiger partial charge < -0.3 is 9.13 Å². The zero-order valence-corrected chi connectivity index (χ0v) is 17.8. The number of para-hydroxylation sites is 2. The molecule has 0 unspecified atom stereocenters. The molecule has 0 fully saturated rings. The number of hydrogen-bond acceptors (Lipinski definition) is 2. The molecule has 4 nitrogen and oxygen atoms in total. The Morgan fingerprint density at radius 1 is 0.688 bits per heavy atom. The maximum atomic E-state index is 4.74. The summed E-state index contributed by atoms with van der Waals surface area (Å²) in [4.78, 5) is 9.25. The van der Waals surface area contributed by atoms with E-state index in [0.29, 0.717) is 0 Å². The average Bonchev–Trinajstić information content (AvgIpc) is 3.44. The lowest BCUT2D eigenvalue weighted by Gasteiger charge is -2.11. The fourth-order valence-corrected chi connectivity index (χ4v) is 4.61. The molecule has 154 valence electrons. The van der Waals surface area contributed by atoms with E-state index in [0.717, 1.165) is 35.0 Å². The number of imidazole rings is 1. The predicted octanol–water partition coefficient (Wildman–Crippen LogP) is 6.73. The SMILES string of the molecule is CCn1c(-c2ccccn2)cnc1-c1ccc(-n2c3ccccc3c3ccccc32)cc1. The first-order chi connectivity index (χ1) is 15.8. The molecule has 0 radical (unpaired) electrons. The van der Waals surface area contributed by atoms with Crippen molar-refractivity contribution in [2.75, 3.05) is 0 Å². The molecule has 4 heteroatoms. The van der Waals surface area contributed by atoms with Gasteiger partial charge in [-0.2, -0.15) is 0 Å². The van der Waals surface area contributed by atoms with E-state index < -0.39 is 0 Å². The van der Waals surface area contributed by atoms with Gasteiger partial charge in [0.1, 0.15) is 5.82 Å². The van der Waals surface area contributed by atoms with Crippen molar-refractivity contribution in [2.24, 2.45) is 0 Å². The van der Waals surface area contributed by atoms with E-state index in [1.165, 1.54) is 21.8 Å². The van der Waals surface area contributed by atoms with E-state index in [-0.39, 0.29) is 0 Å². The molecule has 0 saturated heterocycles. The van der Waals surface area contributed by atoms with Gasteiger partial charge in [-0.1, -0.05) is 42.5 Å². The molecule has 0 aliphatic rings. The first kappa shape index (κ1) is 18.6. The molecule has 0 N–H and O–H groups in total. The largest absolute Gasteiger partial charge is 0.323 e. The second kappa shape index (κ2) is 7.50. The number of fused-ring (bicyclic) bond motifs is 3. The minimum Gasteiger partial charge on any atom is -0.323 e. The third-order valence-corrected chi connectivity index (χ3v) is 6.06. The Balaban J connectivity index is 1.47. The van der Waals surface area contributed by atoms with E-state index in [9.17, 15) is 0 Å². The van der Waals surface area contributed by atoms with Crippen molar-refractivity contribution >= 4 is 21.8 Å². The fraction of sp³-hybridized carbons (Fsp3) is 0.0714. The molecule has 3 aromatic carbocycles. The van der Waals surface area contributed by atoms with Crippen molar-refractivity contribution < 1.29 is 0 Å². The van der Waals surface area contributed by atoms with Gasteiger partial charge in [-0.15, -0.1) is 0 Å². The summed E-state index contributed by atoms with van der Waals surface area (Å²) in [7, 11) is 0. The number of nitrogens with zero attached hydrogens (tertiary/aromatic N) is 4. The van der Waals surface area contributed by atoms with Crippen molar-refractivity contribution in [1.82, 2.24) is 19.1 Å². The van der Waals surface area contributed by atoms with Crippen LogP contribution < -0.4 is 0 Å². The van der Waals surface area contributed by atoms with E-state index in [1.807, 2.05) is 30.6 Å². The molecule has 0 atom stereocenters. The van der Waals surface area contributed by atoms with Gasteiger partial charge >= 0.3 is 0 Å². The number of aromatic nitrogens is 4. The van der Waals surface area contributed by atoms with Crippen molar-refractivity contribution in [3.63, 3.8) is 0 Å². The Morgan fingerprint density at radius 3 is 1.97 bits per heavy atom. The first-order valence-corrected chi connectivity index (χ1v) is 10.9. The summed E-state index contributed by atoms with van der Waals surface area (Å²) < 4.78 is 4.55. The Hall–Kier alpha value is -4.18. The molecule has 0 aliphatic carbocycles. The molecule has 32 heavy (non-hydrogen) atoms. The van der Waals surface area contributed by atoms with Gasteiger partial charge in [0.2, 0.25) is 0 Å². The van der Waals surface area contributed by atoms with Gasteiger partial charge in [-0.25, -0.2) is 4.98 Å². The lowest BCUT2D eigenvalue weighted by Crippen LogP contribution is -2.01. The Morgan fingerprint density at radius 2 is 1.34 bits per heavy atom. The highest BCUT2D eigenvalue weighted by molar-refractivity contribution is 6.09. The number of pyridine rings is 1. The minimum atomic E-state index is 0.829. The summed E-state index contributed by atoms with van der Waals surface area (Å²) in [6, 6.07) is 31.8. The van der Waals surface area contributed by atoms with Crippen LogP contribution in [-0.4, -0.2) is 19.1 Å². The van der Waals surface area contributed by atoms with Crippen LogP contribution in [-0.2, 0) is 6.54 Å². The van der Waals surface area contributed by atoms with Crippen LogP contribution in [0.5, 0.6) is 0 Å². The van der Waals surface area contributed by atoms with Crippen molar-refractivity contribution in [3.05, 3.63) is 103 Å². The van der Waals surface area contributed by atoms with Crippen molar-refractivity contribution in [1.29, 1.82) is 0 Å². The molecule has 0 saturated carbocycles. The highest BCUT2D eigenvalue weighted by Crippen LogP contribution is 2.33. The molecule has 3 heterocycles. The third kappa shape index (κ3) is 2.84. The molecule has 6 aromatic rings. The van der Waals surface area contributed by atoms with Gasteiger partial charge in [0, 0.05) is 34.8 Å². The van der Waals surface area contributed by atoms with Crippen LogP contribution in [0.1, 0.15) is 6.92 Å². The fourth-order valence-electron chi connectivity index (χ4n) is 4.61. The van der Waals surface area contributed by atoms with Crippen LogP contribution in [0.15, 0.2) is 103 Å². The Bertz CT molecular complexity index is 1490. The van der Waals surface area contributed by atoms with Gasteiger partial charge in [0.15, 0.2) is 0 Å². The quantitative estimate of drug-likeness (QED) is 0.321. The van der Waals surface area contributed by atoms with E-state index in [4.69, 9.17) is 4.98 Å². The lowest BCUT2D eigenvalue weighted by atomic mass is 10.2. The van der Waals surface area contributed by atoms with Crippen LogP contribution in [0.3, 0.4) is 0 Å². The van der Waals surface area contributed by atoms with E-state index in [1.54, 1.807) is 0 Å². The van der Waals surface area contributed by atoms with Gasteiger partial charge in [0.25, 0.3) is 0 Å². The van der Waals surface area contributed by atoms with Crippen molar-refractivity contribution in [2.45, 2.75) is 13.5 Å². The summed E-state index contributed by atoms with van der Waals surface area (Å²) in [6.45, 7) is 2.97. The van der Waals surface area contributed by atoms with Crippen LogP contribution in [0.2, 0.25) is 0 Å². The summed E-state index contributed by atoms with van der Waals surface area (Å²) in [5.41, 5.74) is 6.65. The summed E-state index contributed by atoms with van der Waals surface area (Å²) in [6.07, 6.45) is 3.74. The second-order valence-corrected chi connectivity index (χ2v) is 7.84. The summed E-state index contributed by atoms with van der Waals surface area (Å²) >= 11 is 0.